The molecule has 0 spiro atoms. The van der Waals surface area contributed by atoms with E-state index in [1.807, 2.05) is 97.2 Å². The van der Waals surface area contributed by atoms with E-state index in [9.17, 15) is 14.4 Å². The first-order chi connectivity index (χ1) is 30.5. The fourth-order valence-electron chi connectivity index (χ4n) is 5.29. The molecule has 0 N–H and O–H groups in total. The molecule has 1 atom stereocenters. The van der Waals surface area contributed by atoms with E-state index < -0.39 is 12.1 Å². The van der Waals surface area contributed by atoms with Gasteiger partial charge in [0.05, 0.1) is 0 Å². The first kappa shape index (κ1) is 56.8. The van der Waals surface area contributed by atoms with Crippen molar-refractivity contribution in [3.8, 4) is 0 Å². The minimum absolute atomic E-state index is 0.158. The van der Waals surface area contributed by atoms with Crippen LogP contribution in [0.15, 0.2) is 170 Å². The standard InChI is InChI=1S/C56H80O6/c1-4-7-10-13-16-19-22-25-27-29-31-34-37-40-43-46-49-55(58)61-52-53(51-60-54(57)48-45-42-39-36-33-30-24-21-18-15-12-9-6-3)62-56(59)50-47-44-41-38-35-32-28-26-23-20-17-14-11-8-5-2/h7-12,14-21,23-28,30-31,33-34,36,39-40,43,53H,4-6,13,22,29,32,35,37-38,41-42,44-52H2,1-3H3/b10-7-,11-8-,12-9-,17-14-,18-15-,19-16-,23-20-,24-21-,27-25-,28-26-,33-30-,34-31-,39-36-,43-40-. The van der Waals surface area contributed by atoms with E-state index in [1.165, 1.54) is 0 Å². The van der Waals surface area contributed by atoms with Gasteiger partial charge in [-0.3, -0.25) is 14.4 Å². The summed E-state index contributed by atoms with van der Waals surface area (Å²) in [4.78, 5) is 37.8. The molecule has 0 fully saturated rings. The number of ether oxygens (including phenoxy) is 3. The molecule has 0 aliphatic heterocycles. The summed E-state index contributed by atoms with van der Waals surface area (Å²) in [7, 11) is 0. The van der Waals surface area contributed by atoms with Crippen LogP contribution in [-0.2, 0) is 28.6 Å². The van der Waals surface area contributed by atoms with Crippen molar-refractivity contribution in [3.05, 3.63) is 170 Å². The predicted molar refractivity (Wildman–Crippen MR) is 265 cm³/mol. The van der Waals surface area contributed by atoms with Crippen LogP contribution in [0.4, 0.5) is 0 Å². The Hall–Kier alpha value is -5.23. The van der Waals surface area contributed by atoms with Gasteiger partial charge >= 0.3 is 17.9 Å². The minimum Gasteiger partial charge on any atom is -0.462 e. The van der Waals surface area contributed by atoms with Crippen molar-refractivity contribution < 1.29 is 28.6 Å². The SMILES string of the molecule is CC\C=C/C=C\C=C/C=C\C=C/CCCC(=O)OCC(COC(=O)CC/C=C\C/C=C\C/C=C\C/C=C\C/C=C\CC)OC(=O)CCCCCCC\C=C/C=C\C=C/C=C\CC. The zero-order valence-electron chi connectivity index (χ0n) is 38.5. The van der Waals surface area contributed by atoms with Crippen molar-refractivity contribution in [2.45, 2.75) is 149 Å². The highest BCUT2D eigenvalue weighted by Crippen LogP contribution is 2.10. The zero-order valence-corrected chi connectivity index (χ0v) is 38.5. The molecule has 6 nitrogen and oxygen atoms in total. The number of carbonyl (C=O) groups is 3. The zero-order chi connectivity index (χ0) is 45.1. The number of allylic oxidation sites excluding steroid dienone is 28. The van der Waals surface area contributed by atoms with Gasteiger partial charge in [0, 0.05) is 19.3 Å². The maximum Gasteiger partial charge on any atom is 0.306 e. The summed E-state index contributed by atoms with van der Waals surface area (Å²) in [5.41, 5.74) is 0. The molecule has 0 saturated heterocycles. The second-order valence-electron chi connectivity index (χ2n) is 14.4. The Balaban J connectivity index is 4.70. The van der Waals surface area contributed by atoms with Crippen LogP contribution < -0.4 is 0 Å². The average molecular weight is 849 g/mol. The number of unbranched alkanes of at least 4 members (excludes halogenated alkanes) is 6. The summed E-state index contributed by atoms with van der Waals surface area (Å²) in [6.07, 6.45) is 72.1. The van der Waals surface area contributed by atoms with Crippen LogP contribution >= 0.6 is 0 Å². The van der Waals surface area contributed by atoms with Crippen LogP contribution in [0.3, 0.4) is 0 Å². The molecule has 0 saturated carbocycles. The Morgan fingerprint density at radius 1 is 0.339 bits per heavy atom. The van der Waals surface area contributed by atoms with Crippen LogP contribution in [0.25, 0.3) is 0 Å². The largest absolute Gasteiger partial charge is 0.462 e. The smallest absolute Gasteiger partial charge is 0.306 e. The lowest BCUT2D eigenvalue weighted by Crippen LogP contribution is -2.30. The number of carbonyl (C=O) groups excluding carboxylic acids is 3. The lowest BCUT2D eigenvalue weighted by Gasteiger charge is -2.18. The van der Waals surface area contributed by atoms with Crippen LogP contribution in [0, 0.1) is 0 Å². The van der Waals surface area contributed by atoms with E-state index in [4.69, 9.17) is 14.2 Å². The molecule has 0 aromatic rings. The summed E-state index contributed by atoms with van der Waals surface area (Å²) in [5.74, 6) is -1.15. The van der Waals surface area contributed by atoms with Crippen molar-refractivity contribution in [1.29, 1.82) is 0 Å². The maximum absolute atomic E-state index is 12.7. The molecule has 0 amide bonds. The van der Waals surface area contributed by atoms with Crippen molar-refractivity contribution in [3.63, 3.8) is 0 Å². The van der Waals surface area contributed by atoms with Gasteiger partial charge in [0.25, 0.3) is 0 Å². The summed E-state index contributed by atoms with van der Waals surface area (Å²) in [6.45, 7) is 6.04. The van der Waals surface area contributed by atoms with E-state index in [0.717, 1.165) is 83.5 Å². The van der Waals surface area contributed by atoms with Crippen molar-refractivity contribution in [2.24, 2.45) is 0 Å². The number of esters is 3. The third-order valence-corrected chi connectivity index (χ3v) is 8.68. The summed E-state index contributed by atoms with van der Waals surface area (Å²) in [6, 6.07) is 0. The molecule has 340 valence electrons. The second kappa shape index (κ2) is 48.4. The highest BCUT2D eigenvalue weighted by molar-refractivity contribution is 5.71. The maximum atomic E-state index is 12.7. The van der Waals surface area contributed by atoms with Gasteiger partial charge < -0.3 is 14.2 Å². The van der Waals surface area contributed by atoms with Gasteiger partial charge in [0.1, 0.15) is 13.2 Å². The Morgan fingerprint density at radius 3 is 1.21 bits per heavy atom. The van der Waals surface area contributed by atoms with Crippen LogP contribution in [-0.4, -0.2) is 37.2 Å². The average Bonchev–Trinajstić information content (AvgIpc) is 3.27. The number of hydrogen-bond acceptors (Lipinski definition) is 6. The first-order valence-corrected chi connectivity index (χ1v) is 23.3. The van der Waals surface area contributed by atoms with Crippen LogP contribution in [0.2, 0.25) is 0 Å². The van der Waals surface area contributed by atoms with Crippen molar-refractivity contribution >= 4 is 17.9 Å². The third-order valence-electron chi connectivity index (χ3n) is 8.68. The molecule has 62 heavy (non-hydrogen) atoms. The molecule has 1 unspecified atom stereocenters. The van der Waals surface area contributed by atoms with Gasteiger partial charge in [0.2, 0.25) is 0 Å². The van der Waals surface area contributed by atoms with Gasteiger partial charge in [-0.1, -0.05) is 210 Å². The van der Waals surface area contributed by atoms with Crippen molar-refractivity contribution in [1.82, 2.24) is 0 Å². The molecule has 0 heterocycles. The molecule has 0 bridgehead atoms. The van der Waals surface area contributed by atoms with E-state index >= 15 is 0 Å². The number of hydrogen-bond donors (Lipinski definition) is 0. The summed E-state index contributed by atoms with van der Waals surface area (Å²) < 4.78 is 16.6. The fourth-order valence-corrected chi connectivity index (χ4v) is 5.29. The highest BCUT2D eigenvalue weighted by atomic mass is 16.6. The molecule has 0 aromatic heterocycles. The molecular formula is C56H80O6. The Labute approximate surface area is 377 Å². The molecular weight excluding hydrogens is 769 g/mol. The molecule has 0 aromatic carbocycles. The Morgan fingerprint density at radius 2 is 0.710 bits per heavy atom. The van der Waals surface area contributed by atoms with Crippen LogP contribution in [0.5, 0.6) is 0 Å². The minimum atomic E-state index is -0.858. The quantitative estimate of drug-likeness (QED) is 0.0202. The lowest BCUT2D eigenvalue weighted by molar-refractivity contribution is -0.166. The van der Waals surface area contributed by atoms with Crippen molar-refractivity contribution in [2.75, 3.05) is 13.2 Å². The normalized spacial score (nSPS) is 13.7. The van der Waals surface area contributed by atoms with E-state index in [0.29, 0.717) is 19.3 Å². The monoisotopic (exact) mass is 849 g/mol. The van der Waals surface area contributed by atoms with Gasteiger partial charge in [-0.05, 0) is 83.5 Å². The first-order valence-electron chi connectivity index (χ1n) is 23.3. The molecule has 0 radical (unpaired) electrons. The van der Waals surface area contributed by atoms with E-state index in [2.05, 4.69) is 93.7 Å². The predicted octanol–water partition coefficient (Wildman–Crippen LogP) is 15.2. The summed E-state index contributed by atoms with van der Waals surface area (Å²) in [5, 5.41) is 0. The highest BCUT2D eigenvalue weighted by Gasteiger charge is 2.19. The lowest BCUT2D eigenvalue weighted by atomic mass is 10.1. The third kappa shape index (κ3) is 45.8. The van der Waals surface area contributed by atoms with Gasteiger partial charge in [-0.15, -0.1) is 0 Å². The molecule has 0 aliphatic carbocycles. The molecule has 0 rings (SSSR count). The second-order valence-corrected chi connectivity index (χ2v) is 14.4. The van der Waals surface area contributed by atoms with Gasteiger partial charge in [0.15, 0.2) is 6.10 Å². The van der Waals surface area contributed by atoms with E-state index in [-0.39, 0.29) is 44.4 Å². The topological polar surface area (TPSA) is 78.9 Å². The molecule has 0 aliphatic rings. The number of rotatable bonds is 38. The van der Waals surface area contributed by atoms with Gasteiger partial charge in [-0.25, -0.2) is 0 Å². The fraction of sp³-hybridized carbons (Fsp3) is 0.446. The Bertz CT molecular complexity index is 1530. The van der Waals surface area contributed by atoms with E-state index in [1.54, 1.807) is 0 Å². The van der Waals surface area contributed by atoms with Crippen LogP contribution in [0.1, 0.15) is 143 Å². The van der Waals surface area contributed by atoms with Gasteiger partial charge in [-0.2, -0.15) is 0 Å². The summed E-state index contributed by atoms with van der Waals surface area (Å²) >= 11 is 0. The molecule has 6 heteroatoms. The Kier molecular flexibility index (Phi) is 44.4.